The molecule has 0 aliphatic heterocycles. The molecule has 3 rings (SSSR count). The second-order valence-corrected chi connectivity index (χ2v) is 6.70. The maximum absolute atomic E-state index is 4.71. The molecule has 4 heteroatoms. The van der Waals surface area contributed by atoms with Gasteiger partial charge >= 0.3 is 0 Å². The van der Waals surface area contributed by atoms with Gasteiger partial charge in [0, 0.05) is 16.9 Å². The molecular weight excluding hydrogens is 332 g/mol. The first-order valence-corrected chi connectivity index (χ1v) is 8.14. The monoisotopic (exact) mass is 346 g/mol. The molecule has 1 N–H and O–H groups in total. The maximum Gasteiger partial charge on any atom is 0.0957 e. The average molecular weight is 347 g/mol. The van der Waals surface area contributed by atoms with Crippen LogP contribution in [-0.2, 0) is 6.42 Å². The van der Waals surface area contributed by atoms with Crippen molar-refractivity contribution in [2.24, 2.45) is 0 Å². The Bertz CT molecular complexity index is 673. The number of benzene rings is 2. The number of fused-ring (bicyclic) bond motifs is 1. The Balaban J connectivity index is 1.85. The zero-order valence-corrected chi connectivity index (χ0v) is 13.5. The highest BCUT2D eigenvalue weighted by Gasteiger charge is 2.13. The highest BCUT2D eigenvalue weighted by atomic mass is 79.9. The van der Waals surface area contributed by atoms with E-state index in [1.165, 1.54) is 15.3 Å². The number of aromatic nitrogens is 1. The summed E-state index contributed by atoms with van der Waals surface area (Å²) in [6.45, 7) is 0. The molecule has 2 aromatic carbocycles. The molecule has 102 valence electrons. The Morgan fingerprint density at radius 2 is 1.90 bits per heavy atom. The largest absolute Gasteiger partial charge is 0.313 e. The third kappa shape index (κ3) is 2.92. The van der Waals surface area contributed by atoms with Crippen molar-refractivity contribution >= 4 is 37.5 Å². The van der Waals surface area contributed by atoms with E-state index in [-0.39, 0.29) is 0 Å². The quantitative estimate of drug-likeness (QED) is 0.748. The summed E-state index contributed by atoms with van der Waals surface area (Å²) in [6.07, 6.45) is 0.914. The molecule has 0 spiro atoms. The van der Waals surface area contributed by atoms with Gasteiger partial charge in [0.1, 0.15) is 0 Å². The number of hydrogen-bond donors (Lipinski definition) is 1. The highest BCUT2D eigenvalue weighted by Crippen LogP contribution is 2.26. The van der Waals surface area contributed by atoms with E-state index in [1.54, 1.807) is 11.3 Å². The van der Waals surface area contributed by atoms with Gasteiger partial charge < -0.3 is 5.32 Å². The van der Waals surface area contributed by atoms with Crippen LogP contribution in [0.2, 0.25) is 0 Å². The van der Waals surface area contributed by atoms with Crippen LogP contribution >= 0.6 is 27.3 Å². The smallest absolute Gasteiger partial charge is 0.0957 e. The minimum absolute atomic E-state index is 0.295. The molecule has 0 bridgehead atoms. The van der Waals surface area contributed by atoms with E-state index in [1.807, 2.05) is 13.1 Å². The molecule has 1 atom stereocenters. The molecule has 0 saturated carbocycles. The van der Waals surface area contributed by atoms with Crippen LogP contribution in [0.5, 0.6) is 0 Å². The molecule has 0 amide bonds. The predicted molar refractivity (Wildman–Crippen MR) is 89.3 cm³/mol. The van der Waals surface area contributed by atoms with Crippen molar-refractivity contribution in [1.82, 2.24) is 10.3 Å². The molecule has 1 aromatic heterocycles. The molecule has 0 radical (unpaired) electrons. The third-order valence-electron chi connectivity index (χ3n) is 3.34. The first kappa shape index (κ1) is 13.7. The maximum atomic E-state index is 4.71. The van der Waals surface area contributed by atoms with Gasteiger partial charge in [-0.05, 0) is 36.9 Å². The number of para-hydroxylation sites is 1. The standard InChI is InChI=1S/C16H15BrN2S/c1-18-14(11-6-8-12(17)9-7-11)10-16-19-13-4-2-3-5-15(13)20-16/h2-9,14,18H,10H2,1H3. The van der Waals surface area contributed by atoms with Crippen LogP contribution in [0.1, 0.15) is 16.6 Å². The van der Waals surface area contributed by atoms with Gasteiger partial charge in [-0.1, -0.05) is 40.2 Å². The molecule has 0 aliphatic rings. The molecule has 1 unspecified atom stereocenters. The number of rotatable bonds is 4. The van der Waals surface area contributed by atoms with Crippen LogP contribution < -0.4 is 5.32 Å². The molecule has 0 aliphatic carbocycles. The number of hydrogen-bond acceptors (Lipinski definition) is 3. The summed E-state index contributed by atoms with van der Waals surface area (Å²) in [5, 5.41) is 4.56. The Hall–Kier alpha value is -1.23. The van der Waals surface area contributed by atoms with Gasteiger partial charge in [-0.25, -0.2) is 4.98 Å². The van der Waals surface area contributed by atoms with Crippen LogP contribution in [0.3, 0.4) is 0 Å². The molecule has 0 fully saturated rings. The summed E-state index contributed by atoms with van der Waals surface area (Å²) < 4.78 is 2.37. The Labute approximate surface area is 131 Å². The lowest BCUT2D eigenvalue weighted by atomic mass is 10.0. The van der Waals surface area contributed by atoms with E-state index in [0.29, 0.717) is 6.04 Å². The fourth-order valence-electron chi connectivity index (χ4n) is 2.26. The number of thiazole rings is 1. The summed E-state index contributed by atoms with van der Waals surface area (Å²) in [4.78, 5) is 4.71. The lowest BCUT2D eigenvalue weighted by Gasteiger charge is -2.15. The average Bonchev–Trinajstić information content (AvgIpc) is 2.88. The summed E-state index contributed by atoms with van der Waals surface area (Å²) in [5.74, 6) is 0. The number of nitrogens with one attached hydrogen (secondary N) is 1. The van der Waals surface area contributed by atoms with E-state index < -0.39 is 0 Å². The van der Waals surface area contributed by atoms with Crippen LogP contribution in [0.15, 0.2) is 53.0 Å². The Morgan fingerprint density at radius 3 is 2.60 bits per heavy atom. The third-order valence-corrected chi connectivity index (χ3v) is 4.93. The van der Waals surface area contributed by atoms with Crippen LogP contribution in [0.25, 0.3) is 10.2 Å². The summed E-state index contributed by atoms with van der Waals surface area (Å²) >= 11 is 5.25. The van der Waals surface area contributed by atoms with Gasteiger partial charge in [0.05, 0.1) is 15.2 Å². The lowest BCUT2D eigenvalue weighted by Crippen LogP contribution is -2.18. The first-order chi connectivity index (χ1) is 9.76. The molecule has 2 nitrogen and oxygen atoms in total. The zero-order valence-electron chi connectivity index (χ0n) is 11.1. The van der Waals surface area contributed by atoms with Crippen molar-refractivity contribution < 1.29 is 0 Å². The number of likely N-dealkylation sites (N-methyl/N-ethyl adjacent to an activating group) is 1. The minimum Gasteiger partial charge on any atom is -0.313 e. The van der Waals surface area contributed by atoms with Gasteiger partial charge in [-0.3, -0.25) is 0 Å². The van der Waals surface area contributed by atoms with Crippen LogP contribution in [0.4, 0.5) is 0 Å². The fourth-order valence-corrected chi connectivity index (χ4v) is 3.54. The molecule has 3 aromatic rings. The zero-order chi connectivity index (χ0) is 13.9. The van der Waals surface area contributed by atoms with Gasteiger partial charge in [0.2, 0.25) is 0 Å². The molecule has 1 heterocycles. The highest BCUT2D eigenvalue weighted by molar-refractivity contribution is 9.10. The van der Waals surface area contributed by atoms with E-state index in [9.17, 15) is 0 Å². The number of nitrogens with zero attached hydrogens (tertiary/aromatic N) is 1. The van der Waals surface area contributed by atoms with Crippen LogP contribution in [0, 0.1) is 0 Å². The molecule has 0 saturated heterocycles. The van der Waals surface area contributed by atoms with Crippen molar-refractivity contribution in [3.63, 3.8) is 0 Å². The fraction of sp³-hybridized carbons (Fsp3) is 0.188. The normalized spacial score (nSPS) is 12.7. The molecular formula is C16H15BrN2S. The lowest BCUT2D eigenvalue weighted by molar-refractivity contribution is 0.591. The summed E-state index contributed by atoms with van der Waals surface area (Å²) in [5.41, 5.74) is 2.38. The van der Waals surface area contributed by atoms with E-state index >= 15 is 0 Å². The van der Waals surface area contributed by atoms with Gasteiger partial charge in [0.15, 0.2) is 0 Å². The summed E-state index contributed by atoms with van der Waals surface area (Å²) in [7, 11) is 2.00. The second kappa shape index (κ2) is 6.04. The van der Waals surface area contributed by atoms with E-state index in [0.717, 1.165) is 16.4 Å². The van der Waals surface area contributed by atoms with Gasteiger partial charge in [0.25, 0.3) is 0 Å². The SMILES string of the molecule is CNC(Cc1nc2ccccc2s1)c1ccc(Br)cc1. The van der Waals surface area contributed by atoms with Gasteiger partial charge in [-0.2, -0.15) is 0 Å². The van der Waals surface area contributed by atoms with Crippen molar-refractivity contribution in [3.05, 3.63) is 63.6 Å². The van der Waals surface area contributed by atoms with Crippen molar-refractivity contribution in [1.29, 1.82) is 0 Å². The second-order valence-electron chi connectivity index (χ2n) is 4.67. The topological polar surface area (TPSA) is 24.9 Å². The first-order valence-electron chi connectivity index (χ1n) is 6.53. The predicted octanol–water partition coefficient (Wildman–Crippen LogP) is 4.56. The Kier molecular flexibility index (Phi) is 4.15. The van der Waals surface area contributed by atoms with E-state index in [4.69, 9.17) is 4.98 Å². The van der Waals surface area contributed by atoms with Crippen molar-refractivity contribution in [3.8, 4) is 0 Å². The number of halogens is 1. The Morgan fingerprint density at radius 1 is 1.15 bits per heavy atom. The summed E-state index contributed by atoms with van der Waals surface area (Å²) in [6, 6.07) is 17.1. The van der Waals surface area contributed by atoms with Crippen molar-refractivity contribution in [2.75, 3.05) is 7.05 Å². The van der Waals surface area contributed by atoms with Crippen molar-refractivity contribution in [2.45, 2.75) is 12.5 Å². The minimum atomic E-state index is 0.295. The molecule has 20 heavy (non-hydrogen) atoms. The van der Waals surface area contributed by atoms with Crippen LogP contribution in [-0.4, -0.2) is 12.0 Å². The van der Waals surface area contributed by atoms with Gasteiger partial charge in [-0.15, -0.1) is 11.3 Å². The van der Waals surface area contributed by atoms with E-state index in [2.05, 4.69) is 63.7 Å².